The number of urea groups is 1. The van der Waals surface area contributed by atoms with Crippen molar-refractivity contribution in [1.82, 2.24) is 20.9 Å². The highest BCUT2D eigenvalue weighted by atomic mass is 32.2. The summed E-state index contributed by atoms with van der Waals surface area (Å²) in [4.78, 5) is 66.7. The lowest BCUT2D eigenvalue weighted by atomic mass is 9.79. The molecule has 0 bridgehead atoms. The molecule has 41 heavy (non-hydrogen) atoms. The second-order valence-electron chi connectivity index (χ2n) is 12.9. The number of primary amides is 1. The van der Waals surface area contributed by atoms with Gasteiger partial charge in [0.1, 0.15) is 12.1 Å². The summed E-state index contributed by atoms with van der Waals surface area (Å²) in [5, 5.41) is 8.94. The van der Waals surface area contributed by atoms with Crippen LogP contribution in [0.4, 0.5) is 4.79 Å². The summed E-state index contributed by atoms with van der Waals surface area (Å²) in [6.45, 7) is 9.70. The SMILES string of the molecule is CCCN(C(=O)[C@@H](NC(=O)NC1(CCSC)CCCCC1)C(C)(C)C)[C@@H](CC)C(=O)NC(CC1CC1)C(=O)C(N)=O. The first-order chi connectivity index (χ1) is 19.3. The molecule has 0 spiro atoms. The fourth-order valence-electron chi connectivity index (χ4n) is 5.75. The van der Waals surface area contributed by atoms with Gasteiger partial charge in [-0.05, 0) is 61.9 Å². The number of thioether (sulfide) groups is 1. The van der Waals surface area contributed by atoms with Gasteiger partial charge < -0.3 is 26.6 Å². The van der Waals surface area contributed by atoms with E-state index in [2.05, 4.69) is 22.2 Å². The van der Waals surface area contributed by atoms with E-state index in [9.17, 15) is 24.0 Å². The maximum atomic E-state index is 14.1. The highest BCUT2D eigenvalue weighted by Gasteiger charge is 2.42. The molecular formula is C30H53N5O5S. The Labute approximate surface area is 250 Å². The third-order valence-corrected chi connectivity index (χ3v) is 8.93. The lowest BCUT2D eigenvalue weighted by Crippen LogP contribution is -2.63. The summed E-state index contributed by atoms with van der Waals surface area (Å²) in [6, 6.07) is -3.13. The minimum absolute atomic E-state index is 0.272. The minimum Gasteiger partial charge on any atom is -0.363 e. The topological polar surface area (TPSA) is 151 Å². The maximum Gasteiger partial charge on any atom is 0.315 e. The van der Waals surface area contributed by atoms with Gasteiger partial charge in [0.05, 0.1) is 6.04 Å². The van der Waals surface area contributed by atoms with Crippen LogP contribution in [0, 0.1) is 11.3 Å². The van der Waals surface area contributed by atoms with E-state index in [1.807, 2.05) is 27.7 Å². The van der Waals surface area contributed by atoms with Crippen LogP contribution in [0.1, 0.15) is 105 Å². The Kier molecular flexibility index (Phi) is 13.4. The number of hydrogen-bond acceptors (Lipinski definition) is 6. The van der Waals surface area contributed by atoms with Crippen molar-refractivity contribution in [2.24, 2.45) is 17.1 Å². The highest BCUT2D eigenvalue weighted by Crippen LogP contribution is 2.34. The number of amides is 5. The van der Waals surface area contributed by atoms with Gasteiger partial charge >= 0.3 is 6.03 Å². The molecule has 2 rings (SSSR count). The normalized spacial score (nSPS) is 18.9. The summed E-state index contributed by atoms with van der Waals surface area (Å²) >= 11 is 1.76. The van der Waals surface area contributed by atoms with Crippen LogP contribution in [0.3, 0.4) is 0 Å². The summed E-state index contributed by atoms with van der Waals surface area (Å²) in [6.07, 6.45) is 11.2. The molecule has 0 aromatic carbocycles. The Hall–Kier alpha value is -2.30. The van der Waals surface area contributed by atoms with Crippen molar-refractivity contribution >= 4 is 41.3 Å². The first kappa shape index (κ1) is 34.9. The molecule has 234 valence electrons. The third kappa shape index (κ3) is 10.5. The Morgan fingerprint density at radius 2 is 1.66 bits per heavy atom. The number of nitrogens with one attached hydrogen (secondary N) is 3. The molecule has 2 saturated carbocycles. The monoisotopic (exact) mass is 595 g/mol. The van der Waals surface area contributed by atoms with Crippen LogP contribution < -0.4 is 21.7 Å². The molecule has 0 radical (unpaired) electrons. The van der Waals surface area contributed by atoms with Crippen molar-refractivity contribution < 1.29 is 24.0 Å². The van der Waals surface area contributed by atoms with Crippen LogP contribution in [0.15, 0.2) is 0 Å². The zero-order valence-electron chi connectivity index (χ0n) is 26.0. The molecule has 2 fully saturated rings. The quantitative estimate of drug-likeness (QED) is 0.201. The molecule has 0 aromatic rings. The molecule has 0 saturated heterocycles. The third-order valence-electron chi connectivity index (χ3n) is 8.32. The van der Waals surface area contributed by atoms with Gasteiger partial charge in [-0.15, -0.1) is 0 Å². The second-order valence-corrected chi connectivity index (χ2v) is 13.9. The smallest absolute Gasteiger partial charge is 0.315 e. The van der Waals surface area contributed by atoms with Crippen LogP contribution in [0.25, 0.3) is 0 Å². The Bertz CT molecular complexity index is 927. The predicted octanol–water partition coefficient (Wildman–Crippen LogP) is 3.51. The Balaban J connectivity index is 2.25. The predicted molar refractivity (Wildman–Crippen MR) is 163 cm³/mol. The number of hydrogen-bond donors (Lipinski definition) is 4. The number of carbonyl (C=O) groups is 5. The highest BCUT2D eigenvalue weighted by molar-refractivity contribution is 7.98. The van der Waals surface area contributed by atoms with Crippen molar-refractivity contribution in [3.8, 4) is 0 Å². The molecule has 0 heterocycles. The average molecular weight is 596 g/mol. The minimum atomic E-state index is -1.08. The van der Waals surface area contributed by atoms with Crippen molar-refractivity contribution in [2.45, 2.75) is 129 Å². The fourth-order valence-corrected chi connectivity index (χ4v) is 6.35. The number of rotatable bonds is 16. The molecule has 10 nitrogen and oxygen atoms in total. The van der Waals surface area contributed by atoms with E-state index < -0.39 is 41.1 Å². The fraction of sp³-hybridized carbons (Fsp3) is 0.833. The molecular weight excluding hydrogens is 542 g/mol. The molecule has 5 N–H and O–H groups in total. The summed E-state index contributed by atoms with van der Waals surface area (Å²) in [7, 11) is 0. The van der Waals surface area contributed by atoms with Gasteiger partial charge in [0, 0.05) is 12.1 Å². The number of nitrogens with two attached hydrogens (primary N) is 1. The van der Waals surface area contributed by atoms with E-state index in [1.165, 1.54) is 4.90 Å². The van der Waals surface area contributed by atoms with E-state index in [0.29, 0.717) is 25.8 Å². The summed E-state index contributed by atoms with van der Waals surface area (Å²) in [5.41, 5.74) is 4.34. The van der Waals surface area contributed by atoms with E-state index in [4.69, 9.17) is 5.73 Å². The van der Waals surface area contributed by atoms with E-state index in [0.717, 1.165) is 57.1 Å². The van der Waals surface area contributed by atoms with Crippen molar-refractivity contribution in [1.29, 1.82) is 0 Å². The Morgan fingerprint density at radius 1 is 1.02 bits per heavy atom. The van der Waals surface area contributed by atoms with Crippen LogP contribution in [-0.2, 0) is 19.2 Å². The molecule has 11 heteroatoms. The van der Waals surface area contributed by atoms with Crippen molar-refractivity contribution in [3.63, 3.8) is 0 Å². The zero-order valence-corrected chi connectivity index (χ0v) is 26.8. The van der Waals surface area contributed by atoms with Gasteiger partial charge in [0.2, 0.25) is 17.6 Å². The van der Waals surface area contributed by atoms with Crippen molar-refractivity contribution in [2.75, 3.05) is 18.6 Å². The van der Waals surface area contributed by atoms with Gasteiger partial charge in [0.25, 0.3) is 5.91 Å². The van der Waals surface area contributed by atoms with Crippen molar-refractivity contribution in [3.05, 3.63) is 0 Å². The largest absolute Gasteiger partial charge is 0.363 e. The van der Waals surface area contributed by atoms with Gasteiger partial charge in [-0.2, -0.15) is 11.8 Å². The molecule has 0 aromatic heterocycles. The second kappa shape index (κ2) is 15.8. The van der Waals surface area contributed by atoms with Crippen LogP contribution in [-0.4, -0.2) is 76.7 Å². The molecule has 2 aliphatic carbocycles. The van der Waals surface area contributed by atoms with E-state index >= 15 is 0 Å². The first-order valence-electron chi connectivity index (χ1n) is 15.3. The lowest BCUT2D eigenvalue weighted by molar-refractivity contribution is -0.145. The maximum absolute atomic E-state index is 14.1. The number of ketones is 1. The van der Waals surface area contributed by atoms with Crippen LogP contribution in [0.5, 0.6) is 0 Å². The summed E-state index contributed by atoms with van der Waals surface area (Å²) in [5.74, 6) is -1.53. The average Bonchev–Trinajstić information content (AvgIpc) is 3.73. The summed E-state index contributed by atoms with van der Waals surface area (Å²) < 4.78 is 0. The number of carbonyl (C=O) groups excluding carboxylic acids is 5. The Morgan fingerprint density at radius 3 is 2.15 bits per heavy atom. The standard InChI is InChI=1S/C30H53N5O5S/c1-7-17-35(22(8-2)26(38)32-21(19-20-12-13-20)23(36)25(31)37)27(39)24(29(3,4)5)33-28(40)34-30(16-18-41-6)14-10-9-11-15-30/h20-22,24H,7-19H2,1-6H3,(H2,31,37)(H,32,38)(H2,33,34,40)/t21?,22-,24+/m0/s1. The molecule has 3 atom stereocenters. The lowest BCUT2D eigenvalue weighted by Gasteiger charge is -2.41. The molecule has 0 aliphatic heterocycles. The van der Waals surface area contributed by atoms with Gasteiger partial charge in [-0.1, -0.05) is 66.7 Å². The molecule has 2 aliphatic rings. The van der Waals surface area contributed by atoms with Gasteiger partial charge in [0.15, 0.2) is 0 Å². The van der Waals surface area contributed by atoms with Crippen LogP contribution in [0.2, 0.25) is 0 Å². The first-order valence-corrected chi connectivity index (χ1v) is 16.7. The van der Waals surface area contributed by atoms with Gasteiger partial charge in [-0.3, -0.25) is 19.2 Å². The van der Waals surface area contributed by atoms with Crippen LogP contribution >= 0.6 is 11.8 Å². The zero-order chi connectivity index (χ0) is 30.8. The number of nitrogens with zero attached hydrogens (tertiary/aromatic N) is 1. The number of Topliss-reactive ketones (excluding diaryl/α,β-unsaturated/α-hetero) is 1. The molecule has 1 unspecified atom stereocenters. The van der Waals surface area contributed by atoms with Gasteiger partial charge in [-0.25, -0.2) is 4.79 Å². The molecule has 5 amide bonds. The van der Waals surface area contributed by atoms with E-state index in [1.54, 1.807) is 18.7 Å². The van der Waals surface area contributed by atoms with E-state index in [-0.39, 0.29) is 23.4 Å².